The first-order chi connectivity index (χ1) is 13.1. The van der Waals surface area contributed by atoms with Crippen molar-refractivity contribution >= 4 is 17.5 Å². The topological polar surface area (TPSA) is 70.7 Å². The summed E-state index contributed by atoms with van der Waals surface area (Å²) >= 11 is 0. The molecular weight excluding hydrogens is 342 g/mol. The largest absolute Gasteiger partial charge is 0.378 e. The Kier molecular flexibility index (Phi) is 6.44. The average molecular weight is 367 g/mol. The van der Waals surface area contributed by atoms with E-state index in [0.29, 0.717) is 38.4 Å². The van der Waals surface area contributed by atoms with E-state index < -0.39 is 0 Å². The van der Waals surface area contributed by atoms with E-state index in [4.69, 9.17) is 4.74 Å². The lowest BCUT2D eigenvalue weighted by atomic mass is 10.1. The number of anilines is 1. The number of rotatable bonds is 6. The van der Waals surface area contributed by atoms with Crippen LogP contribution in [0.3, 0.4) is 0 Å². The number of morpholine rings is 1. The van der Waals surface area contributed by atoms with Crippen molar-refractivity contribution in [2.45, 2.75) is 13.5 Å². The highest BCUT2D eigenvalue weighted by Gasteiger charge is 2.18. The van der Waals surface area contributed by atoms with Gasteiger partial charge < -0.3 is 20.3 Å². The van der Waals surface area contributed by atoms with Gasteiger partial charge in [-0.3, -0.25) is 9.59 Å². The van der Waals surface area contributed by atoms with Crippen LogP contribution >= 0.6 is 0 Å². The smallest absolute Gasteiger partial charge is 0.254 e. The molecule has 0 bridgehead atoms. The first-order valence-electron chi connectivity index (χ1n) is 9.15. The second kappa shape index (κ2) is 9.19. The number of aryl methyl sites for hydroxylation is 1. The number of benzene rings is 2. The van der Waals surface area contributed by atoms with Crippen LogP contribution in [0.1, 0.15) is 21.5 Å². The molecule has 1 heterocycles. The van der Waals surface area contributed by atoms with Gasteiger partial charge in [0.2, 0.25) is 5.91 Å². The SMILES string of the molecule is Cc1cccc(CNC(=O)CNc2cccc(C(=O)N3CCOCC3)c2)c1. The maximum absolute atomic E-state index is 12.5. The van der Waals surface area contributed by atoms with E-state index in [1.54, 1.807) is 17.0 Å². The number of amides is 2. The minimum Gasteiger partial charge on any atom is -0.378 e. The van der Waals surface area contributed by atoms with Crippen molar-refractivity contribution in [2.24, 2.45) is 0 Å². The van der Waals surface area contributed by atoms with E-state index in [2.05, 4.69) is 16.7 Å². The predicted molar refractivity (Wildman–Crippen MR) is 105 cm³/mol. The second-order valence-electron chi connectivity index (χ2n) is 6.60. The lowest BCUT2D eigenvalue weighted by molar-refractivity contribution is -0.119. The number of ether oxygens (including phenoxy) is 1. The number of carbonyl (C=O) groups excluding carboxylic acids is 2. The highest BCUT2D eigenvalue weighted by molar-refractivity contribution is 5.95. The Balaban J connectivity index is 1.50. The van der Waals surface area contributed by atoms with Crippen molar-refractivity contribution in [1.82, 2.24) is 10.2 Å². The molecule has 1 aliphatic heterocycles. The molecule has 2 aromatic rings. The molecule has 0 spiro atoms. The Morgan fingerprint density at radius 3 is 2.63 bits per heavy atom. The Bertz CT molecular complexity index is 801. The molecule has 2 N–H and O–H groups in total. The van der Waals surface area contributed by atoms with Crippen molar-refractivity contribution in [3.63, 3.8) is 0 Å². The Morgan fingerprint density at radius 2 is 1.85 bits per heavy atom. The Hall–Kier alpha value is -2.86. The van der Waals surface area contributed by atoms with Crippen molar-refractivity contribution < 1.29 is 14.3 Å². The van der Waals surface area contributed by atoms with Gasteiger partial charge in [0.15, 0.2) is 0 Å². The Labute approximate surface area is 159 Å². The lowest BCUT2D eigenvalue weighted by Crippen LogP contribution is -2.40. The van der Waals surface area contributed by atoms with Gasteiger partial charge in [-0.25, -0.2) is 0 Å². The minimum absolute atomic E-state index is 0.00847. The van der Waals surface area contributed by atoms with Crippen molar-refractivity contribution in [2.75, 3.05) is 38.2 Å². The van der Waals surface area contributed by atoms with Gasteiger partial charge in [0.25, 0.3) is 5.91 Å². The third kappa shape index (κ3) is 5.56. The molecule has 0 saturated carbocycles. The van der Waals surface area contributed by atoms with Gasteiger partial charge in [0.05, 0.1) is 19.8 Å². The van der Waals surface area contributed by atoms with Crippen LogP contribution in [-0.4, -0.2) is 49.6 Å². The van der Waals surface area contributed by atoms with Crippen molar-refractivity contribution in [1.29, 1.82) is 0 Å². The summed E-state index contributed by atoms with van der Waals surface area (Å²) in [5.74, 6) is -0.104. The van der Waals surface area contributed by atoms with Crippen molar-refractivity contribution in [3.05, 3.63) is 65.2 Å². The normalized spacial score (nSPS) is 13.9. The van der Waals surface area contributed by atoms with E-state index >= 15 is 0 Å². The number of nitrogens with one attached hydrogen (secondary N) is 2. The van der Waals surface area contributed by atoms with Crippen LogP contribution in [0.4, 0.5) is 5.69 Å². The van der Waals surface area contributed by atoms with Crippen LogP contribution in [0, 0.1) is 6.92 Å². The van der Waals surface area contributed by atoms with Gasteiger partial charge >= 0.3 is 0 Å². The van der Waals surface area contributed by atoms with E-state index in [-0.39, 0.29) is 18.4 Å². The fourth-order valence-electron chi connectivity index (χ4n) is 2.98. The van der Waals surface area contributed by atoms with Crippen LogP contribution in [0.2, 0.25) is 0 Å². The molecule has 2 amide bonds. The highest BCUT2D eigenvalue weighted by atomic mass is 16.5. The van der Waals surface area contributed by atoms with Gasteiger partial charge in [-0.05, 0) is 30.7 Å². The molecule has 27 heavy (non-hydrogen) atoms. The fraction of sp³-hybridized carbons (Fsp3) is 0.333. The molecule has 6 heteroatoms. The standard InChI is InChI=1S/C21H25N3O3/c1-16-4-2-5-17(12-16)14-23-20(25)15-22-19-7-3-6-18(13-19)21(26)24-8-10-27-11-9-24/h2-7,12-13,22H,8-11,14-15H2,1H3,(H,23,25). The second-order valence-corrected chi connectivity index (χ2v) is 6.60. The first-order valence-corrected chi connectivity index (χ1v) is 9.15. The molecule has 0 aromatic heterocycles. The van der Waals surface area contributed by atoms with E-state index in [0.717, 1.165) is 11.3 Å². The molecule has 142 valence electrons. The molecule has 0 aliphatic carbocycles. The van der Waals surface area contributed by atoms with Gasteiger partial charge in [-0.15, -0.1) is 0 Å². The van der Waals surface area contributed by atoms with Gasteiger partial charge in [-0.1, -0.05) is 35.9 Å². The third-order valence-corrected chi connectivity index (χ3v) is 4.43. The van der Waals surface area contributed by atoms with Crippen molar-refractivity contribution in [3.8, 4) is 0 Å². The average Bonchev–Trinajstić information content (AvgIpc) is 2.71. The zero-order chi connectivity index (χ0) is 19.1. The van der Waals surface area contributed by atoms with Gasteiger partial charge in [0.1, 0.15) is 0 Å². The summed E-state index contributed by atoms with van der Waals surface area (Å²) in [6.45, 7) is 5.04. The zero-order valence-corrected chi connectivity index (χ0v) is 15.5. The fourth-order valence-corrected chi connectivity index (χ4v) is 2.98. The highest BCUT2D eigenvalue weighted by Crippen LogP contribution is 2.13. The molecule has 3 rings (SSSR count). The van der Waals surface area contributed by atoms with Crippen LogP contribution in [0.15, 0.2) is 48.5 Å². The predicted octanol–water partition coefficient (Wildman–Crippen LogP) is 2.20. The molecule has 0 radical (unpaired) electrons. The summed E-state index contributed by atoms with van der Waals surface area (Å²) in [5.41, 5.74) is 3.60. The number of hydrogen-bond acceptors (Lipinski definition) is 4. The molecule has 1 saturated heterocycles. The van der Waals surface area contributed by atoms with Gasteiger partial charge in [0, 0.05) is 30.9 Å². The summed E-state index contributed by atoms with van der Waals surface area (Å²) in [6.07, 6.45) is 0. The van der Waals surface area contributed by atoms with E-state index in [9.17, 15) is 9.59 Å². The third-order valence-electron chi connectivity index (χ3n) is 4.43. The minimum atomic E-state index is -0.0959. The number of hydrogen-bond donors (Lipinski definition) is 2. The summed E-state index contributed by atoms with van der Waals surface area (Å²) < 4.78 is 5.29. The summed E-state index contributed by atoms with van der Waals surface area (Å²) in [7, 11) is 0. The van der Waals surface area contributed by atoms with Crippen LogP contribution < -0.4 is 10.6 Å². The molecule has 0 atom stereocenters. The maximum Gasteiger partial charge on any atom is 0.254 e. The molecule has 6 nitrogen and oxygen atoms in total. The molecule has 1 fully saturated rings. The van der Waals surface area contributed by atoms with Crippen LogP contribution in [-0.2, 0) is 16.1 Å². The maximum atomic E-state index is 12.5. The molecule has 1 aliphatic rings. The summed E-state index contributed by atoms with van der Waals surface area (Å²) in [5, 5.41) is 5.98. The lowest BCUT2D eigenvalue weighted by Gasteiger charge is -2.27. The monoisotopic (exact) mass is 367 g/mol. The van der Waals surface area contributed by atoms with Gasteiger partial charge in [-0.2, -0.15) is 0 Å². The molecule has 0 unspecified atom stereocenters. The summed E-state index contributed by atoms with van der Waals surface area (Å²) in [6, 6.07) is 15.3. The van der Waals surface area contributed by atoms with Crippen LogP contribution in [0.25, 0.3) is 0 Å². The summed E-state index contributed by atoms with van der Waals surface area (Å²) in [4.78, 5) is 26.4. The molecular formula is C21H25N3O3. The van der Waals surface area contributed by atoms with E-state index in [1.165, 1.54) is 5.56 Å². The zero-order valence-electron chi connectivity index (χ0n) is 15.5. The Morgan fingerprint density at radius 1 is 1.07 bits per heavy atom. The number of nitrogens with zero attached hydrogens (tertiary/aromatic N) is 1. The number of carbonyl (C=O) groups is 2. The molecule has 2 aromatic carbocycles. The quantitative estimate of drug-likeness (QED) is 0.821. The first kappa shape index (κ1) is 18.9. The van der Waals surface area contributed by atoms with Crippen LogP contribution in [0.5, 0.6) is 0 Å². The van der Waals surface area contributed by atoms with E-state index in [1.807, 2.05) is 37.3 Å².